The zero-order valence-corrected chi connectivity index (χ0v) is 17.0. The van der Waals surface area contributed by atoms with E-state index < -0.39 is 0 Å². The summed E-state index contributed by atoms with van der Waals surface area (Å²) in [6.45, 7) is 0.937. The summed E-state index contributed by atoms with van der Waals surface area (Å²) in [5.41, 5.74) is 2.24. The van der Waals surface area contributed by atoms with Crippen molar-refractivity contribution in [3.8, 4) is 11.3 Å². The SMILES string of the molecule is Cn1nc(-c2ccccc2)cc1C(=O)NCCNc1cc(Nc2ccccn2)ncn1. The molecule has 3 aromatic heterocycles. The van der Waals surface area contributed by atoms with Crippen LogP contribution in [0.4, 0.5) is 17.5 Å². The summed E-state index contributed by atoms with van der Waals surface area (Å²) in [6.07, 6.45) is 3.17. The van der Waals surface area contributed by atoms with Crippen LogP contribution in [0.1, 0.15) is 10.5 Å². The average molecular weight is 414 g/mol. The van der Waals surface area contributed by atoms with E-state index in [-0.39, 0.29) is 5.91 Å². The van der Waals surface area contributed by atoms with E-state index >= 15 is 0 Å². The lowest BCUT2D eigenvalue weighted by Gasteiger charge is -2.09. The molecule has 0 radical (unpaired) electrons. The minimum atomic E-state index is -0.181. The van der Waals surface area contributed by atoms with Crippen molar-refractivity contribution < 1.29 is 4.79 Å². The molecule has 1 aromatic carbocycles. The normalized spacial score (nSPS) is 10.5. The standard InChI is InChI=1S/C22H22N8O/c1-30-18(13-17(29-30)16-7-3-2-4-8-16)22(31)25-12-11-24-20-14-21(27-15-26-20)28-19-9-5-6-10-23-19/h2-10,13-15H,11-12H2,1H3,(H,25,31)(H2,23,24,26,27,28). The molecular weight excluding hydrogens is 392 g/mol. The maximum Gasteiger partial charge on any atom is 0.269 e. The first-order valence-corrected chi connectivity index (χ1v) is 9.81. The third-order valence-electron chi connectivity index (χ3n) is 4.49. The maximum atomic E-state index is 12.5. The fourth-order valence-corrected chi connectivity index (χ4v) is 2.98. The van der Waals surface area contributed by atoms with Crippen molar-refractivity contribution >= 4 is 23.4 Å². The van der Waals surface area contributed by atoms with Crippen molar-refractivity contribution in [1.82, 2.24) is 30.0 Å². The van der Waals surface area contributed by atoms with E-state index in [1.54, 1.807) is 30.1 Å². The Kier molecular flexibility index (Phi) is 6.13. The van der Waals surface area contributed by atoms with Gasteiger partial charge in [-0.3, -0.25) is 9.48 Å². The molecule has 156 valence electrons. The molecule has 1 amide bonds. The number of carbonyl (C=O) groups is 1. The summed E-state index contributed by atoms with van der Waals surface area (Å²) in [5.74, 6) is 1.79. The molecule has 0 aliphatic carbocycles. The van der Waals surface area contributed by atoms with Crippen LogP contribution in [-0.2, 0) is 7.05 Å². The third kappa shape index (κ3) is 5.21. The quantitative estimate of drug-likeness (QED) is 0.380. The lowest BCUT2D eigenvalue weighted by molar-refractivity contribution is 0.0946. The molecule has 9 heteroatoms. The summed E-state index contributed by atoms with van der Waals surface area (Å²) in [5, 5.41) is 13.6. The fraction of sp³-hybridized carbons (Fsp3) is 0.136. The van der Waals surface area contributed by atoms with E-state index in [1.165, 1.54) is 6.33 Å². The van der Waals surface area contributed by atoms with Gasteiger partial charge in [-0.1, -0.05) is 36.4 Å². The maximum absolute atomic E-state index is 12.5. The van der Waals surface area contributed by atoms with Gasteiger partial charge in [0.2, 0.25) is 0 Å². The Labute approximate surface area is 179 Å². The van der Waals surface area contributed by atoms with Crippen LogP contribution in [0.15, 0.2) is 73.2 Å². The largest absolute Gasteiger partial charge is 0.368 e. The summed E-state index contributed by atoms with van der Waals surface area (Å²) < 4.78 is 1.59. The van der Waals surface area contributed by atoms with Crippen molar-refractivity contribution in [3.63, 3.8) is 0 Å². The van der Waals surface area contributed by atoms with Crippen LogP contribution < -0.4 is 16.0 Å². The number of carbonyl (C=O) groups excluding carboxylic acids is 1. The zero-order valence-electron chi connectivity index (χ0n) is 17.0. The second kappa shape index (κ2) is 9.49. The van der Waals surface area contributed by atoms with Gasteiger partial charge in [0.1, 0.15) is 29.5 Å². The Morgan fingerprint density at radius 1 is 0.903 bits per heavy atom. The van der Waals surface area contributed by atoms with Crippen molar-refractivity contribution in [1.29, 1.82) is 0 Å². The number of rotatable bonds is 8. The highest BCUT2D eigenvalue weighted by molar-refractivity contribution is 5.93. The molecule has 0 fully saturated rings. The molecule has 0 bridgehead atoms. The van der Waals surface area contributed by atoms with Gasteiger partial charge in [-0.25, -0.2) is 15.0 Å². The number of benzene rings is 1. The van der Waals surface area contributed by atoms with Crippen molar-refractivity contribution in [2.45, 2.75) is 0 Å². The molecule has 0 spiro atoms. The predicted molar refractivity (Wildman–Crippen MR) is 119 cm³/mol. The van der Waals surface area contributed by atoms with Gasteiger partial charge < -0.3 is 16.0 Å². The predicted octanol–water partition coefficient (Wildman–Crippen LogP) is 2.86. The summed E-state index contributed by atoms with van der Waals surface area (Å²) >= 11 is 0. The first kappa shape index (κ1) is 20.0. The van der Waals surface area contributed by atoms with Gasteiger partial charge in [-0.05, 0) is 18.2 Å². The topological polar surface area (TPSA) is 110 Å². The number of hydrogen-bond donors (Lipinski definition) is 3. The molecule has 0 aliphatic heterocycles. The average Bonchev–Trinajstić information content (AvgIpc) is 3.20. The third-order valence-corrected chi connectivity index (χ3v) is 4.49. The molecule has 0 saturated heterocycles. The van der Waals surface area contributed by atoms with Crippen molar-refractivity contribution in [2.24, 2.45) is 7.05 Å². The summed E-state index contributed by atoms with van der Waals surface area (Å²) in [7, 11) is 1.76. The smallest absolute Gasteiger partial charge is 0.269 e. The number of aromatic nitrogens is 5. The van der Waals surface area contributed by atoms with Crippen LogP contribution in [0, 0.1) is 0 Å². The van der Waals surface area contributed by atoms with Crippen LogP contribution >= 0.6 is 0 Å². The van der Waals surface area contributed by atoms with E-state index in [0.29, 0.717) is 36.2 Å². The Balaban J connectivity index is 1.29. The second-order valence-electron chi connectivity index (χ2n) is 6.72. The highest BCUT2D eigenvalue weighted by Gasteiger charge is 2.13. The van der Waals surface area contributed by atoms with E-state index in [9.17, 15) is 4.79 Å². The Bertz CT molecular complexity index is 1140. The van der Waals surface area contributed by atoms with Gasteiger partial charge in [-0.15, -0.1) is 0 Å². The van der Waals surface area contributed by atoms with Gasteiger partial charge in [0.15, 0.2) is 0 Å². The minimum absolute atomic E-state index is 0.181. The molecule has 0 aliphatic rings. The number of amides is 1. The van der Waals surface area contributed by atoms with Crippen molar-refractivity contribution in [2.75, 3.05) is 23.7 Å². The van der Waals surface area contributed by atoms with E-state index in [0.717, 1.165) is 11.3 Å². The molecule has 0 saturated carbocycles. The number of aryl methyl sites for hydroxylation is 1. The van der Waals surface area contributed by atoms with Crippen LogP contribution in [0.5, 0.6) is 0 Å². The number of anilines is 3. The van der Waals surface area contributed by atoms with E-state index in [1.807, 2.05) is 48.5 Å². The molecule has 3 heterocycles. The first-order chi connectivity index (χ1) is 15.2. The Morgan fingerprint density at radius 3 is 2.52 bits per heavy atom. The molecule has 3 N–H and O–H groups in total. The molecular formula is C22H22N8O. The lowest BCUT2D eigenvalue weighted by atomic mass is 10.1. The minimum Gasteiger partial charge on any atom is -0.368 e. The Hall–Kier alpha value is -4.27. The summed E-state index contributed by atoms with van der Waals surface area (Å²) in [4.78, 5) is 25.1. The van der Waals surface area contributed by atoms with E-state index in [4.69, 9.17) is 0 Å². The lowest BCUT2D eigenvalue weighted by Crippen LogP contribution is -2.30. The molecule has 4 aromatic rings. The second-order valence-corrected chi connectivity index (χ2v) is 6.72. The van der Waals surface area contributed by atoms with Gasteiger partial charge in [0, 0.05) is 38.0 Å². The Morgan fingerprint density at radius 2 is 1.71 bits per heavy atom. The summed E-state index contributed by atoms with van der Waals surface area (Å²) in [6, 6.07) is 18.9. The molecule has 31 heavy (non-hydrogen) atoms. The van der Waals surface area contributed by atoms with Crippen LogP contribution in [0.25, 0.3) is 11.3 Å². The monoisotopic (exact) mass is 414 g/mol. The molecule has 0 unspecified atom stereocenters. The van der Waals surface area contributed by atoms with Gasteiger partial charge in [0.05, 0.1) is 5.69 Å². The number of nitrogens with one attached hydrogen (secondary N) is 3. The molecule has 4 rings (SSSR count). The number of hydrogen-bond acceptors (Lipinski definition) is 7. The van der Waals surface area contributed by atoms with Crippen LogP contribution in [0.2, 0.25) is 0 Å². The highest BCUT2D eigenvalue weighted by atomic mass is 16.2. The van der Waals surface area contributed by atoms with Crippen LogP contribution in [0.3, 0.4) is 0 Å². The number of pyridine rings is 1. The number of nitrogens with zero attached hydrogens (tertiary/aromatic N) is 5. The fourth-order valence-electron chi connectivity index (χ4n) is 2.98. The zero-order chi connectivity index (χ0) is 21.5. The van der Waals surface area contributed by atoms with Gasteiger partial charge in [0.25, 0.3) is 5.91 Å². The van der Waals surface area contributed by atoms with Gasteiger partial charge >= 0.3 is 0 Å². The van der Waals surface area contributed by atoms with Crippen molar-refractivity contribution in [3.05, 3.63) is 78.9 Å². The molecule has 9 nitrogen and oxygen atoms in total. The van der Waals surface area contributed by atoms with E-state index in [2.05, 4.69) is 36.0 Å². The van der Waals surface area contributed by atoms with Gasteiger partial charge in [-0.2, -0.15) is 5.10 Å². The van der Waals surface area contributed by atoms with Crippen LogP contribution in [-0.4, -0.2) is 43.7 Å². The highest BCUT2D eigenvalue weighted by Crippen LogP contribution is 2.18. The molecule has 0 atom stereocenters. The first-order valence-electron chi connectivity index (χ1n) is 9.81.